The maximum absolute atomic E-state index is 12.5. The molecule has 0 spiro atoms. The van der Waals surface area contributed by atoms with Gasteiger partial charge < -0.3 is 13.5 Å². The van der Waals surface area contributed by atoms with E-state index in [0.717, 1.165) is 0 Å². The second kappa shape index (κ2) is 6.32. The number of rotatable bonds is 7. The predicted molar refractivity (Wildman–Crippen MR) is 69.1 cm³/mol. The predicted octanol–water partition coefficient (Wildman–Crippen LogP) is 3.73. The fourth-order valence-corrected chi connectivity index (χ4v) is 3.52. The van der Waals surface area contributed by atoms with Crippen LogP contribution in [0.1, 0.15) is 33.5 Å². The van der Waals surface area contributed by atoms with Crippen molar-refractivity contribution in [3.8, 4) is 0 Å². The van der Waals surface area contributed by atoms with Crippen LogP contribution in [0, 0.1) is 10.1 Å². The number of hydrogen-bond acceptors (Lipinski definition) is 6. The average molecular weight is 291 g/mol. The maximum Gasteiger partial charge on any atom is 0.433 e. The molecular weight excluding hydrogens is 273 g/mol. The van der Waals surface area contributed by atoms with Gasteiger partial charge >= 0.3 is 13.5 Å². The molecule has 19 heavy (non-hydrogen) atoms. The molecule has 0 aliphatic heterocycles. The lowest BCUT2D eigenvalue weighted by molar-refractivity contribution is -0.402. The zero-order chi connectivity index (χ0) is 14.6. The minimum atomic E-state index is -3.39. The van der Waals surface area contributed by atoms with Crippen molar-refractivity contribution in [2.45, 2.75) is 46.1 Å². The van der Waals surface area contributed by atoms with Crippen molar-refractivity contribution >= 4 is 13.5 Å². The van der Waals surface area contributed by atoms with E-state index < -0.39 is 18.4 Å². The molecule has 0 aromatic carbocycles. The summed E-state index contributed by atoms with van der Waals surface area (Å²) in [5, 5.41) is 10.5. The lowest BCUT2D eigenvalue weighted by atomic mass is 10.5. The molecule has 0 aliphatic carbocycles. The van der Waals surface area contributed by atoms with E-state index in [9.17, 15) is 14.7 Å². The second-order valence-electron chi connectivity index (χ2n) is 4.57. The van der Waals surface area contributed by atoms with Gasteiger partial charge in [-0.05, 0) is 33.8 Å². The molecule has 0 aliphatic rings. The minimum Gasteiger partial charge on any atom is -0.405 e. The Morgan fingerprint density at radius 2 is 1.79 bits per heavy atom. The summed E-state index contributed by atoms with van der Waals surface area (Å²) in [5.74, 6) is -0.188. The Balaban J connectivity index is 2.87. The first-order valence-electron chi connectivity index (χ1n) is 5.91. The van der Waals surface area contributed by atoms with Gasteiger partial charge in [-0.1, -0.05) is 0 Å². The van der Waals surface area contributed by atoms with Gasteiger partial charge in [-0.15, -0.1) is 0 Å². The molecule has 0 saturated heterocycles. The Morgan fingerprint density at radius 3 is 2.16 bits per heavy atom. The third-order valence-electron chi connectivity index (χ3n) is 1.92. The summed E-state index contributed by atoms with van der Waals surface area (Å²) in [4.78, 5) is 9.86. The van der Waals surface area contributed by atoms with Crippen molar-refractivity contribution in [2.24, 2.45) is 0 Å². The Bertz CT molecular complexity index is 467. The molecule has 1 rings (SSSR count). The van der Waals surface area contributed by atoms with Gasteiger partial charge in [0.05, 0.1) is 18.3 Å². The van der Waals surface area contributed by atoms with E-state index in [4.69, 9.17) is 13.5 Å². The van der Waals surface area contributed by atoms with Crippen LogP contribution >= 0.6 is 7.60 Å². The Hall–Kier alpha value is -1.17. The molecule has 0 bridgehead atoms. The zero-order valence-corrected chi connectivity index (χ0v) is 12.3. The highest BCUT2D eigenvalue weighted by atomic mass is 31.2. The van der Waals surface area contributed by atoms with Crippen LogP contribution in [0.3, 0.4) is 0 Å². The molecule has 7 nitrogen and oxygen atoms in total. The van der Waals surface area contributed by atoms with Crippen molar-refractivity contribution in [3.63, 3.8) is 0 Å². The van der Waals surface area contributed by atoms with Gasteiger partial charge in [-0.2, -0.15) is 0 Å². The fraction of sp³-hybridized carbons (Fsp3) is 0.636. The normalized spacial score (nSPS) is 12.3. The molecule has 1 heterocycles. The Morgan fingerprint density at radius 1 is 1.26 bits per heavy atom. The fourth-order valence-electron chi connectivity index (χ4n) is 1.48. The smallest absolute Gasteiger partial charge is 0.405 e. The van der Waals surface area contributed by atoms with Crippen molar-refractivity contribution in [1.29, 1.82) is 0 Å². The van der Waals surface area contributed by atoms with Crippen LogP contribution in [0.15, 0.2) is 16.5 Å². The summed E-state index contributed by atoms with van der Waals surface area (Å²) in [5.41, 5.74) is 0. The van der Waals surface area contributed by atoms with Crippen molar-refractivity contribution in [3.05, 3.63) is 28.0 Å². The summed E-state index contributed by atoms with van der Waals surface area (Å²) < 4.78 is 28.1. The Labute approximate surface area is 111 Å². The minimum absolute atomic E-state index is 0.128. The number of furan rings is 1. The van der Waals surface area contributed by atoms with E-state index in [0.29, 0.717) is 0 Å². The van der Waals surface area contributed by atoms with Gasteiger partial charge in [0.15, 0.2) is 0 Å². The number of nitrogens with zero attached hydrogens (tertiary/aromatic N) is 1. The third-order valence-corrected chi connectivity index (χ3v) is 4.10. The van der Waals surface area contributed by atoms with E-state index in [1.807, 2.05) is 0 Å². The number of hydrogen-bond donors (Lipinski definition) is 0. The van der Waals surface area contributed by atoms with Crippen LogP contribution in [-0.4, -0.2) is 17.1 Å². The third kappa shape index (κ3) is 5.14. The molecule has 0 amide bonds. The number of nitro groups is 1. The van der Waals surface area contributed by atoms with Crippen LogP contribution in [0.4, 0.5) is 5.88 Å². The molecule has 0 atom stereocenters. The van der Waals surface area contributed by atoms with E-state index in [1.54, 1.807) is 27.7 Å². The van der Waals surface area contributed by atoms with Crippen molar-refractivity contribution < 1.29 is 23.0 Å². The average Bonchev–Trinajstić information content (AvgIpc) is 2.62. The highest BCUT2D eigenvalue weighted by Gasteiger charge is 2.30. The molecule has 1 aromatic heterocycles. The van der Waals surface area contributed by atoms with Gasteiger partial charge in [0.2, 0.25) is 0 Å². The molecule has 0 unspecified atom stereocenters. The molecule has 0 radical (unpaired) electrons. The first kappa shape index (κ1) is 15.9. The lowest BCUT2D eigenvalue weighted by Crippen LogP contribution is -2.09. The first-order chi connectivity index (χ1) is 8.72. The molecule has 1 aromatic rings. The summed E-state index contributed by atoms with van der Waals surface area (Å²) in [7, 11) is -3.39. The zero-order valence-electron chi connectivity index (χ0n) is 11.4. The molecular formula is C11H18NO6P. The van der Waals surface area contributed by atoms with Crippen molar-refractivity contribution in [2.75, 3.05) is 0 Å². The molecule has 0 fully saturated rings. The van der Waals surface area contributed by atoms with Gasteiger partial charge in [0, 0.05) is 0 Å². The van der Waals surface area contributed by atoms with E-state index in [2.05, 4.69) is 0 Å². The quantitative estimate of drug-likeness (QED) is 0.431. The lowest BCUT2D eigenvalue weighted by Gasteiger charge is -2.21. The van der Waals surface area contributed by atoms with E-state index in [-0.39, 0.29) is 24.1 Å². The summed E-state index contributed by atoms with van der Waals surface area (Å²) >= 11 is 0. The summed E-state index contributed by atoms with van der Waals surface area (Å²) in [6.07, 6.45) is -0.693. The largest absolute Gasteiger partial charge is 0.433 e. The molecule has 8 heteroatoms. The van der Waals surface area contributed by atoms with Crippen LogP contribution in [0.25, 0.3) is 0 Å². The highest BCUT2D eigenvalue weighted by molar-refractivity contribution is 7.53. The monoisotopic (exact) mass is 291 g/mol. The highest BCUT2D eigenvalue weighted by Crippen LogP contribution is 2.53. The molecule has 0 saturated carbocycles. The molecule has 108 valence electrons. The van der Waals surface area contributed by atoms with Crippen LogP contribution < -0.4 is 0 Å². The SMILES string of the molecule is CC(C)OP(=O)(Cc1ccc([N+](=O)[O-])o1)OC(C)C. The van der Waals surface area contributed by atoms with Crippen molar-refractivity contribution in [1.82, 2.24) is 0 Å². The van der Waals surface area contributed by atoms with E-state index >= 15 is 0 Å². The first-order valence-corrected chi connectivity index (χ1v) is 7.63. The second-order valence-corrected chi connectivity index (χ2v) is 6.53. The Kier molecular flexibility index (Phi) is 5.29. The van der Waals surface area contributed by atoms with Gasteiger partial charge in [-0.25, -0.2) is 0 Å². The van der Waals surface area contributed by atoms with Gasteiger partial charge in [-0.3, -0.25) is 14.7 Å². The van der Waals surface area contributed by atoms with E-state index in [1.165, 1.54) is 12.1 Å². The topological polar surface area (TPSA) is 91.8 Å². The van der Waals surface area contributed by atoms with Gasteiger partial charge in [0.25, 0.3) is 0 Å². The van der Waals surface area contributed by atoms with Crippen LogP contribution in [-0.2, 0) is 19.8 Å². The van der Waals surface area contributed by atoms with Crippen LogP contribution in [0.2, 0.25) is 0 Å². The summed E-state index contributed by atoms with van der Waals surface area (Å²) in [6, 6.07) is 2.61. The van der Waals surface area contributed by atoms with Crippen LogP contribution in [0.5, 0.6) is 0 Å². The maximum atomic E-state index is 12.5. The summed E-state index contributed by atoms with van der Waals surface area (Å²) in [6.45, 7) is 6.95. The standard InChI is InChI=1S/C11H18NO6P/c1-8(2)17-19(15,18-9(3)4)7-10-5-6-11(16-10)12(13)14/h5-6,8-9H,7H2,1-4H3. The van der Waals surface area contributed by atoms with Gasteiger partial charge in [0.1, 0.15) is 16.8 Å². The molecule has 0 N–H and O–H groups in total.